The summed E-state index contributed by atoms with van der Waals surface area (Å²) in [7, 11) is -11.7. The average Bonchev–Trinajstić information content (AvgIpc) is 2.56. The van der Waals surface area contributed by atoms with Gasteiger partial charge in [-0.25, -0.2) is 0 Å². The van der Waals surface area contributed by atoms with E-state index < -0.39 is 47.1 Å². The predicted octanol–water partition coefficient (Wildman–Crippen LogP) is 0.280. The van der Waals surface area contributed by atoms with E-state index in [1.807, 2.05) is 0 Å². The van der Waals surface area contributed by atoms with Gasteiger partial charge in [0.25, 0.3) is 30.4 Å². The Bertz CT molecular complexity index is 949. The van der Waals surface area contributed by atoms with E-state index in [2.05, 4.69) is 0 Å². The topological polar surface area (TPSA) is 185 Å². The SMILES string of the molecule is COc1cc(OC)cc(N(CCCS(=O)(=O)O)CCC(S(=O)(=O)O)S(=O)(=O)O)c1. The lowest BCUT2D eigenvalue weighted by atomic mass is 10.2. The zero-order valence-electron chi connectivity index (χ0n) is 15.6. The van der Waals surface area contributed by atoms with Gasteiger partial charge in [0.1, 0.15) is 11.5 Å². The molecular weight excluding hydrogens is 454 g/mol. The minimum Gasteiger partial charge on any atom is -0.497 e. The first kappa shape index (κ1) is 25.4. The van der Waals surface area contributed by atoms with Crippen molar-refractivity contribution in [2.45, 2.75) is 17.4 Å². The number of nitrogens with zero attached hydrogens (tertiary/aromatic N) is 1. The van der Waals surface area contributed by atoms with Crippen molar-refractivity contribution in [1.82, 2.24) is 0 Å². The second-order valence-corrected chi connectivity index (χ2v) is 11.0. The molecule has 0 unspecified atom stereocenters. The molecule has 0 saturated heterocycles. The fraction of sp³-hybridized carbons (Fsp3) is 0.571. The molecule has 15 heteroatoms. The van der Waals surface area contributed by atoms with Crippen LogP contribution in [0.5, 0.6) is 11.5 Å². The van der Waals surface area contributed by atoms with Crippen molar-refractivity contribution in [3.05, 3.63) is 18.2 Å². The van der Waals surface area contributed by atoms with Gasteiger partial charge in [-0.05, 0) is 6.42 Å². The maximum absolute atomic E-state index is 11.3. The Kier molecular flexibility index (Phi) is 8.67. The molecule has 0 amide bonds. The first-order valence-electron chi connectivity index (χ1n) is 8.03. The molecule has 12 nitrogen and oxygen atoms in total. The van der Waals surface area contributed by atoms with E-state index in [4.69, 9.17) is 23.1 Å². The molecule has 0 bridgehead atoms. The number of hydrogen-bond donors (Lipinski definition) is 3. The Hall–Kier alpha value is -1.65. The second kappa shape index (κ2) is 9.90. The van der Waals surface area contributed by atoms with Gasteiger partial charge < -0.3 is 14.4 Å². The van der Waals surface area contributed by atoms with Gasteiger partial charge >= 0.3 is 0 Å². The van der Waals surface area contributed by atoms with Gasteiger partial charge in [-0.2, -0.15) is 25.3 Å². The highest BCUT2D eigenvalue weighted by Crippen LogP contribution is 2.29. The molecular formula is C14H23NO11S3. The van der Waals surface area contributed by atoms with Crippen molar-refractivity contribution < 1.29 is 48.4 Å². The molecule has 0 aliphatic carbocycles. The third-order valence-corrected chi connectivity index (χ3v) is 7.89. The molecule has 1 aromatic rings. The van der Waals surface area contributed by atoms with Crippen LogP contribution in [-0.2, 0) is 30.4 Å². The Morgan fingerprint density at radius 1 is 0.862 bits per heavy atom. The van der Waals surface area contributed by atoms with E-state index in [0.29, 0.717) is 17.2 Å². The summed E-state index contributed by atoms with van der Waals surface area (Å²) in [5, 5.41) is 0. The Morgan fingerprint density at radius 2 is 1.34 bits per heavy atom. The summed E-state index contributed by atoms with van der Waals surface area (Å²) in [5.74, 6) is 0.102. The first-order chi connectivity index (χ1) is 13.2. The zero-order valence-corrected chi connectivity index (χ0v) is 18.1. The summed E-state index contributed by atoms with van der Waals surface area (Å²) >= 11 is 0. The molecule has 168 valence electrons. The number of methoxy groups -OCH3 is 2. The standard InChI is InChI=1S/C14H23NO11S3/c1-25-12-8-11(9-13(10-12)26-2)15(5-3-7-27(16,17)18)6-4-14(28(19,20)21)29(22,23)24/h8-10,14H,3-7H2,1-2H3,(H,16,17,18)(H,19,20,21)(H,22,23,24). The van der Waals surface area contributed by atoms with Crippen LogP contribution in [0.3, 0.4) is 0 Å². The molecule has 0 aliphatic heterocycles. The lowest BCUT2D eigenvalue weighted by Gasteiger charge is -2.26. The summed E-state index contributed by atoms with van der Waals surface area (Å²) in [6.07, 6.45) is -0.802. The van der Waals surface area contributed by atoms with Crippen LogP contribution in [0.2, 0.25) is 0 Å². The Labute approximate surface area is 169 Å². The monoisotopic (exact) mass is 477 g/mol. The van der Waals surface area contributed by atoms with Crippen molar-refractivity contribution in [3.8, 4) is 11.5 Å². The van der Waals surface area contributed by atoms with Crippen LogP contribution in [0.4, 0.5) is 5.69 Å². The molecule has 0 aliphatic rings. The first-order valence-corrected chi connectivity index (χ1v) is 12.6. The quantitative estimate of drug-likeness (QED) is 0.350. The van der Waals surface area contributed by atoms with E-state index in [1.165, 1.54) is 31.3 Å². The van der Waals surface area contributed by atoms with Crippen LogP contribution in [0.15, 0.2) is 18.2 Å². The molecule has 1 rings (SSSR count). The van der Waals surface area contributed by atoms with Gasteiger partial charge in [-0.15, -0.1) is 0 Å². The maximum Gasteiger partial charge on any atom is 0.284 e. The van der Waals surface area contributed by atoms with Gasteiger partial charge in [-0.1, -0.05) is 0 Å². The summed E-state index contributed by atoms with van der Waals surface area (Å²) in [6.45, 7) is -0.355. The van der Waals surface area contributed by atoms with Crippen molar-refractivity contribution in [2.24, 2.45) is 0 Å². The van der Waals surface area contributed by atoms with Crippen LogP contribution in [-0.4, -0.2) is 76.6 Å². The molecule has 29 heavy (non-hydrogen) atoms. The summed E-state index contributed by atoms with van der Waals surface area (Å²) in [5.41, 5.74) is 0.362. The van der Waals surface area contributed by atoms with E-state index in [-0.39, 0.29) is 19.5 Å². The Morgan fingerprint density at radius 3 is 1.72 bits per heavy atom. The summed E-state index contributed by atoms with van der Waals surface area (Å²) < 4.78 is 102. The molecule has 1 aromatic carbocycles. The number of ether oxygens (including phenoxy) is 2. The number of rotatable bonds is 12. The zero-order chi connectivity index (χ0) is 22.5. The fourth-order valence-corrected chi connectivity index (χ4v) is 5.03. The fourth-order valence-electron chi connectivity index (χ4n) is 2.50. The molecule has 0 radical (unpaired) electrons. The third kappa shape index (κ3) is 8.71. The molecule has 0 aromatic heterocycles. The molecule has 3 N–H and O–H groups in total. The molecule has 0 atom stereocenters. The predicted molar refractivity (Wildman–Crippen MR) is 104 cm³/mol. The Balaban J connectivity index is 3.21. The van der Waals surface area contributed by atoms with Crippen molar-refractivity contribution in [3.63, 3.8) is 0 Å². The van der Waals surface area contributed by atoms with Crippen LogP contribution < -0.4 is 14.4 Å². The van der Waals surface area contributed by atoms with E-state index >= 15 is 0 Å². The average molecular weight is 478 g/mol. The van der Waals surface area contributed by atoms with E-state index in [0.717, 1.165) is 0 Å². The molecule has 0 spiro atoms. The molecule has 0 heterocycles. The van der Waals surface area contributed by atoms with Crippen molar-refractivity contribution >= 4 is 36.0 Å². The van der Waals surface area contributed by atoms with E-state index in [1.54, 1.807) is 6.07 Å². The number of benzene rings is 1. The normalized spacial score (nSPS) is 12.8. The third-order valence-electron chi connectivity index (χ3n) is 3.83. The molecule has 0 fully saturated rings. The lowest BCUT2D eigenvalue weighted by Crippen LogP contribution is -2.35. The van der Waals surface area contributed by atoms with Gasteiger partial charge in [-0.3, -0.25) is 13.7 Å². The summed E-state index contributed by atoms with van der Waals surface area (Å²) in [6, 6.07) is 4.55. The van der Waals surface area contributed by atoms with Crippen LogP contribution in [0, 0.1) is 0 Å². The molecule has 0 saturated carbocycles. The van der Waals surface area contributed by atoms with Gasteiger partial charge in [0.05, 0.1) is 20.0 Å². The van der Waals surface area contributed by atoms with Crippen LogP contribution >= 0.6 is 0 Å². The highest BCUT2D eigenvalue weighted by atomic mass is 32.3. The van der Waals surface area contributed by atoms with Gasteiger partial charge in [0.2, 0.25) is 4.58 Å². The minimum atomic E-state index is -5.12. The van der Waals surface area contributed by atoms with Crippen molar-refractivity contribution in [2.75, 3.05) is 38.0 Å². The largest absolute Gasteiger partial charge is 0.497 e. The minimum absolute atomic E-state index is 0.0419. The number of hydrogen-bond acceptors (Lipinski definition) is 9. The number of anilines is 1. The van der Waals surface area contributed by atoms with Crippen LogP contribution in [0.1, 0.15) is 12.8 Å². The highest BCUT2D eigenvalue weighted by molar-refractivity contribution is 8.03. The smallest absolute Gasteiger partial charge is 0.284 e. The van der Waals surface area contributed by atoms with Gasteiger partial charge in [0.15, 0.2) is 0 Å². The highest BCUT2D eigenvalue weighted by Gasteiger charge is 2.35. The van der Waals surface area contributed by atoms with Crippen LogP contribution in [0.25, 0.3) is 0 Å². The van der Waals surface area contributed by atoms with E-state index in [9.17, 15) is 25.3 Å². The van der Waals surface area contributed by atoms with Gasteiger partial charge in [0, 0.05) is 43.4 Å². The maximum atomic E-state index is 11.3. The lowest BCUT2D eigenvalue weighted by molar-refractivity contribution is 0.394. The summed E-state index contributed by atoms with van der Waals surface area (Å²) in [4.78, 5) is 1.40. The second-order valence-electron chi connectivity index (χ2n) is 5.95. The van der Waals surface area contributed by atoms with Crippen molar-refractivity contribution in [1.29, 1.82) is 0 Å².